The predicted molar refractivity (Wildman–Crippen MR) is 96.9 cm³/mol. The third-order valence-corrected chi connectivity index (χ3v) is 7.02. The lowest BCUT2D eigenvalue weighted by molar-refractivity contribution is -0.154. The molecular formula is C19H30BrNO3. The number of alkyl halides is 1. The summed E-state index contributed by atoms with van der Waals surface area (Å²) in [5, 5.41) is 2.81. The Morgan fingerprint density at radius 3 is 2.50 bits per heavy atom. The van der Waals surface area contributed by atoms with Gasteiger partial charge in [0.25, 0.3) is 5.91 Å². The molecule has 4 nitrogen and oxygen atoms in total. The third-order valence-electron chi connectivity index (χ3n) is 6.10. The van der Waals surface area contributed by atoms with Crippen molar-refractivity contribution in [2.45, 2.75) is 75.5 Å². The standard InChI is InChI=1S/C19H30BrNO3/c1-2-3-4-5-21-16(22)12-24-17(23)11-18-7-14-6-15(8-18)10-19(20,9-14)13-18/h14-15H,2-13H2,1H3,(H,21,22). The van der Waals surface area contributed by atoms with Crippen LogP contribution in [0, 0.1) is 17.3 Å². The molecule has 4 fully saturated rings. The van der Waals surface area contributed by atoms with Crippen LogP contribution in [-0.4, -0.2) is 29.4 Å². The van der Waals surface area contributed by atoms with Gasteiger partial charge in [-0.3, -0.25) is 9.59 Å². The number of nitrogens with one attached hydrogen (secondary N) is 1. The molecule has 0 aromatic rings. The zero-order valence-corrected chi connectivity index (χ0v) is 16.3. The SMILES string of the molecule is CCCCCNC(=O)COC(=O)CC12CC3CC(CC(Br)(C3)C1)C2. The van der Waals surface area contributed by atoms with Crippen LogP contribution in [0.4, 0.5) is 0 Å². The molecule has 4 aliphatic rings. The van der Waals surface area contributed by atoms with E-state index in [0.29, 0.717) is 13.0 Å². The second-order valence-corrected chi connectivity index (χ2v) is 10.2. The maximum atomic E-state index is 12.3. The van der Waals surface area contributed by atoms with E-state index in [2.05, 4.69) is 28.2 Å². The molecule has 0 aliphatic heterocycles. The molecule has 0 aromatic heterocycles. The Bertz CT molecular complexity index is 479. The number of rotatable bonds is 8. The van der Waals surface area contributed by atoms with Gasteiger partial charge in [-0.05, 0) is 62.2 Å². The monoisotopic (exact) mass is 399 g/mol. The van der Waals surface area contributed by atoms with E-state index in [-0.39, 0.29) is 28.2 Å². The number of hydrogen-bond acceptors (Lipinski definition) is 3. The van der Waals surface area contributed by atoms with E-state index in [9.17, 15) is 9.59 Å². The van der Waals surface area contributed by atoms with Crippen LogP contribution < -0.4 is 5.32 Å². The first-order valence-electron chi connectivity index (χ1n) is 9.53. The van der Waals surface area contributed by atoms with Gasteiger partial charge in [0.2, 0.25) is 0 Å². The summed E-state index contributed by atoms with van der Waals surface area (Å²) < 4.78 is 5.52. The van der Waals surface area contributed by atoms with Crippen LogP contribution in [0.3, 0.4) is 0 Å². The van der Waals surface area contributed by atoms with Gasteiger partial charge in [-0.25, -0.2) is 0 Å². The van der Waals surface area contributed by atoms with Gasteiger partial charge >= 0.3 is 5.97 Å². The molecule has 0 aromatic carbocycles. The summed E-state index contributed by atoms with van der Waals surface area (Å²) in [6.07, 6.45) is 11.0. The lowest BCUT2D eigenvalue weighted by Gasteiger charge is -2.60. The molecule has 4 bridgehead atoms. The Balaban J connectivity index is 1.43. The molecule has 4 aliphatic carbocycles. The van der Waals surface area contributed by atoms with Gasteiger partial charge in [0.05, 0.1) is 6.42 Å². The fraction of sp³-hybridized carbons (Fsp3) is 0.895. The molecule has 4 rings (SSSR count). The fourth-order valence-electron chi connectivity index (χ4n) is 5.70. The molecule has 4 saturated carbocycles. The first-order chi connectivity index (χ1) is 11.4. The Hall–Kier alpha value is -0.580. The summed E-state index contributed by atoms with van der Waals surface area (Å²) >= 11 is 3.97. The number of halogens is 1. The minimum atomic E-state index is -0.197. The number of esters is 1. The average Bonchev–Trinajstić information content (AvgIpc) is 2.46. The molecule has 0 spiro atoms. The van der Waals surface area contributed by atoms with E-state index in [4.69, 9.17) is 4.74 Å². The average molecular weight is 400 g/mol. The smallest absolute Gasteiger partial charge is 0.306 e. The van der Waals surface area contributed by atoms with E-state index < -0.39 is 0 Å². The summed E-state index contributed by atoms with van der Waals surface area (Å²) in [4.78, 5) is 24.0. The van der Waals surface area contributed by atoms with Crippen LogP contribution >= 0.6 is 15.9 Å². The van der Waals surface area contributed by atoms with Gasteiger partial charge in [-0.1, -0.05) is 35.7 Å². The van der Waals surface area contributed by atoms with Crippen molar-refractivity contribution in [2.24, 2.45) is 17.3 Å². The van der Waals surface area contributed by atoms with Gasteiger partial charge in [-0.2, -0.15) is 0 Å². The van der Waals surface area contributed by atoms with E-state index >= 15 is 0 Å². The highest BCUT2D eigenvalue weighted by molar-refractivity contribution is 9.10. The lowest BCUT2D eigenvalue weighted by Crippen LogP contribution is -2.53. The number of carbonyl (C=O) groups excluding carboxylic acids is 2. The molecule has 1 N–H and O–H groups in total. The van der Waals surface area contributed by atoms with Gasteiger partial charge < -0.3 is 10.1 Å². The third kappa shape index (κ3) is 4.33. The largest absolute Gasteiger partial charge is 0.456 e. The molecule has 2 unspecified atom stereocenters. The minimum absolute atomic E-state index is 0.113. The van der Waals surface area contributed by atoms with Crippen molar-refractivity contribution in [3.05, 3.63) is 0 Å². The Labute approximate surface area is 153 Å². The Morgan fingerprint density at radius 1 is 1.17 bits per heavy atom. The molecule has 24 heavy (non-hydrogen) atoms. The van der Waals surface area contributed by atoms with Gasteiger partial charge in [0.15, 0.2) is 6.61 Å². The second-order valence-electron chi connectivity index (χ2n) is 8.51. The summed E-state index contributed by atoms with van der Waals surface area (Å²) in [7, 11) is 0. The quantitative estimate of drug-likeness (QED) is 0.381. The van der Waals surface area contributed by atoms with Crippen LogP contribution in [0.1, 0.15) is 71.1 Å². The molecule has 5 heteroatoms. The van der Waals surface area contributed by atoms with Gasteiger partial charge in [-0.15, -0.1) is 0 Å². The highest BCUT2D eigenvalue weighted by Crippen LogP contribution is 2.65. The second kappa shape index (κ2) is 7.35. The lowest BCUT2D eigenvalue weighted by atomic mass is 9.49. The van der Waals surface area contributed by atoms with E-state index in [1.54, 1.807) is 0 Å². The highest BCUT2D eigenvalue weighted by atomic mass is 79.9. The van der Waals surface area contributed by atoms with E-state index in [0.717, 1.165) is 50.4 Å². The van der Waals surface area contributed by atoms with Crippen LogP contribution in [0.15, 0.2) is 0 Å². The number of ether oxygens (including phenoxy) is 1. The summed E-state index contributed by atoms with van der Waals surface area (Å²) in [5.41, 5.74) is 0.113. The van der Waals surface area contributed by atoms with Crippen molar-refractivity contribution in [1.29, 1.82) is 0 Å². The van der Waals surface area contributed by atoms with Crippen LogP contribution in [-0.2, 0) is 14.3 Å². The van der Waals surface area contributed by atoms with Crippen LogP contribution in [0.2, 0.25) is 0 Å². The first-order valence-corrected chi connectivity index (χ1v) is 10.3. The number of amides is 1. The zero-order valence-electron chi connectivity index (χ0n) is 14.7. The van der Waals surface area contributed by atoms with Gasteiger partial charge in [0, 0.05) is 10.9 Å². The number of hydrogen-bond donors (Lipinski definition) is 1. The summed E-state index contributed by atoms with van der Waals surface area (Å²) in [5.74, 6) is 1.15. The topological polar surface area (TPSA) is 55.4 Å². The highest BCUT2D eigenvalue weighted by Gasteiger charge is 2.57. The Morgan fingerprint density at radius 2 is 1.88 bits per heavy atom. The predicted octanol–water partition coefficient (Wildman–Crippen LogP) is 3.96. The molecule has 136 valence electrons. The number of carbonyl (C=O) groups is 2. The number of unbranched alkanes of at least 4 members (excludes halogenated alkanes) is 2. The molecular weight excluding hydrogens is 370 g/mol. The minimum Gasteiger partial charge on any atom is -0.456 e. The Kier molecular flexibility index (Phi) is 5.58. The molecule has 0 radical (unpaired) electrons. The van der Waals surface area contributed by atoms with Crippen molar-refractivity contribution in [1.82, 2.24) is 5.32 Å². The van der Waals surface area contributed by atoms with Crippen LogP contribution in [0.5, 0.6) is 0 Å². The van der Waals surface area contributed by atoms with Crippen molar-refractivity contribution < 1.29 is 14.3 Å². The van der Waals surface area contributed by atoms with Crippen LogP contribution in [0.25, 0.3) is 0 Å². The van der Waals surface area contributed by atoms with E-state index in [1.807, 2.05) is 0 Å². The first kappa shape index (κ1) is 18.2. The molecule has 2 atom stereocenters. The van der Waals surface area contributed by atoms with Crippen molar-refractivity contribution in [3.63, 3.8) is 0 Å². The molecule has 0 saturated heterocycles. The summed E-state index contributed by atoms with van der Waals surface area (Å²) in [6, 6.07) is 0. The van der Waals surface area contributed by atoms with Crippen molar-refractivity contribution in [3.8, 4) is 0 Å². The van der Waals surface area contributed by atoms with E-state index in [1.165, 1.54) is 19.3 Å². The van der Waals surface area contributed by atoms with Gasteiger partial charge in [0.1, 0.15) is 0 Å². The normalized spacial score (nSPS) is 36.6. The zero-order chi connectivity index (χ0) is 17.2. The maximum Gasteiger partial charge on any atom is 0.306 e. The maximum absolute atomic E-state index is 12.3. The molecule has 1 amide bonds. The van der Waals surface area contributed by atoms with Crippen molar-refractivity contribution >= 4 is 27.8 Å². The molecule has 0 heterocycles. The fourth-order valence-corrected chi connectivity index (χ4v) is 7.21. The van der Waals surface area contributed by atoms with Crippen molar-refractivity contribution in [2.75, 3.05) is 13.2 Å². The summed E-state index contributed by atoms with van der Waals surface area (Å²) in [6.45, 7) is 2.67.